The van der Waals surface area contributed by atoms with E-state index in [0.717, 1.165) is 11.1 Å². The summed E-state index contributed by atoms with van der Waals surface area (Å²) >= 11 is 0. The van der Waals surface area contributed by atoms with Crippen molar-refractivity contribution < 1.29 is 23.8 Å². The molecule has 0 unspecified atom stereocenters. The molecule has 142 valence electrons. The van der Waals surface area contributed by atoms with Crippen LogP contribution >= 0.6 is 0 Å². The van der Waals surface area contributed by atoms with Crippen molar-refractivity contribution in [1.29, 1.82) is 0 Å². The fourth-order valence-corrected chi connectivity index (χ4v) is 2.82. The Balaban J connectivity index is 1.66. The van der Waals surface area contributed by atoms with E-state index in [1.165, 1.54) is 0 Å². The van der Waals surface area contributed by atoms with Crippen LogP contribution in [0.25, 0.3) is 0 Å². The third-order valence-corrected chi connectivity index (χ3v) is 4.30. The van der Waals surface area contributed by atoms with Crippen molar-refractivity contribution in [3.8, 4) is 17.2 Å². The van der Waals surface area contributed by atoms with Crippen LogP contribution in [0.3, 0.4) is 0 Å². The number of ether oxygens (including phenoxy) is 3. The second kappa shape index (κ2) is 7.99. The predicted octanol–water partition coefficient (Wildman–Crippen LogP) is 2.25. The monoisotopic (exact) mass is 370 g/mol. The van der Waals surface area contributed by atoms with Gasteiger partial charge in [0.15, 0.2) is 18.1 Å². The molecule has 0 radical (unpaired) electrons. The zero-order valence-electron chi connectivity index (χ0n) is 15.4. The van der Waals surface area contributed by atoms with Crippen molar-refractivity contribution in [1.82, 2.24) is 4.90 Å². The van der Waals surface area contributed by atoms with E-state index in [1.807, 2.05) is 32.0 Å². The zero-order valence-corrected chi connectivity index (χ0v) is 15.4. The maximum absolute atomic E-state index is 12.6. The first-order valence-corrected chi connectivity index (χ1v) is 8.67. The van der Waals surface area contributed by atoms with Crippen LogP contribution in [-0.2, 0) is 11.3 Å². The number of nitrogens with two attached hydrogens (primary N) is 1. The van der Waals surface area contributed by atoms with Gasteiger partial charge in [0.25, 0.3) is 11.8 Å². The van der Waals surface area contributed by atoms with Gasteiger partial charge in [-0.3, -0.25) is 9.59 Å². The number of rotatable bonds is 7. The van der Waals surface area contributed by atoms with Crippen LogP contribution in [0.4, 0.5) is 0 Å². The lowest BCUT2D eigenvalue weighted by molar-refractivity contribution is -0.133. The summed E-state index contributed by atoms with van der Waals surface area (Å²) in [4.78, 5) is 25.8. The number of carbonyl (C=O) groups excluding carboxylic acids is 2. The average Bonchev–Trinajstić information content (AvgIpc) is 3.11. The van der Waals surface area contributed by atoms with Crippen molar-refractivity contribution in [3.05, 3.63) is 53.1 Å². The number of hydrogen-bond donors (Lipinski definition) is 1. The normalized spacial score (nSPS) is 11.9. The number of benzene rings is 2. The quantitative estimate of drug-likeness (QED) is 0.807. The fourth-order valence-electron chi connectivity index (χ4n) is 2.82. The third kappa shape index (κ3) is 4.31. The molecule has 1 aliphatic heterocycles. The highest BCUT2D eigenvalue weighted by atomic mass is 16.7. The summed E-state index contributed by atoms with van der Waals surface area (Å²) in [6, 6.07) is 10.7. The van der Waals surface area contributed by atoms with Crippen LogP contribution in [0.2, 0.25) is 0 Å². The van der Waals surface area contributed by atoms with Gasteiger partial charge in [0.2, 0.25) is 6.79 Å². The first-order chi connectivity index (χ1) is 13.0. The van der Waals surface area contributed by atoms with Gasteiger partial charge in [0, 0.05) is 13.1 Å². The molecule has 1 aliphatic rings. The molecule has 27 heavy (non-hydrogen) atoms. The second-order valence-electron chi connectivity index (χ2n) is 6.25. The van der Waals surface area contributed by atoms with Gasteiger partial charge in [-0.2, -0.15) is 0 Å². The summed E-state index contributed by atoms with van der Waals surface area (Å²) in [6.45, 7) is 4.74. The first-order valence-electron chi connectivity index (χ1n) is 8.67. The van der Waals surface area contributed by atoms with Gasteiger partial charge >= 0.3 is 0 Å². The van der Waals surface area contributed by atoms with Crippen molar-refractivity contribution in [2.24, 2.45) is 5.73 Å². The molecule has 2 amide bonds. The fraction of sp³-hybridized carbons (Fsp3) is 0.300. The van der Waals surface area contributed by atoms with Crippen LogP contribution < -0.4 is 19.9 Å². The molecule has 0 saturated carbocycles. The lowest BCUT2D eigenvalue weighted by atomic mass is 10.1. The van der Waals surface area contributed by atoms with E-state index in [9.17, 15) is 9.59 Å². The minimum absolute atomic E-state index is 0.178. The number of carbonyl (C=O) groups is 2. The van der Waals surface area contributed by atoms with Gasteiger partial charge in [0.1, 0.15) is 5.75 Å². The highest BCUT2D eigenvalue weighted by Gasteiger charge is 2.18. The lowest BCUT2D eigenvalue weighted by Gasteiger charge is -2.21. The first kappa shape index (κ1) is 18.6. The summed E-state index contributed by atoms with van der Waals surface area (Å²) in [7, 11) is 0. The Labute approximate surface area is 157 Å². The molecule has 0 spiro atoms. The Kier molecular flexibility index (Phi) is 5.49. The van der Waals surface area contributed by atoms with Crippen LogP contribution in [-0.4, -0.2) is 36.7 Å². The standard InChI is InChI=1S/C20H22N2O5/c1-3-22(10-14-5-7-16-18(9-14)27-12-26-16)19(23)11-25-17-8-13(2)4-6-15(17)20(21)24/h4-9H,3,10-12H2,1-2H3,(H2,21,24). The smallest absolute Gasteiger partial charge is 0.260 e. The molecule has 0 bridgehead atoms. The molecule has 3 rings (SSSR count). The van der Waals surface area contributed by atoms with E-state index in [0.29, 0.717) is 30.3 Å². The van der Waals surface area contributed by atoms with Crippen molar-refractivity contribution in [2.45, 2.75) is 20.4 Å². The molecule has 0 saturated heterocycles. The SMILES string of the molecule is CCN(Cc1ccc2c(c1)OCO2)C(=O)COc1cc(C)ccc1C(N)=O. The van der Waals surface area contributed by atoms with Crippen molar-refractivity contribution in [3.63, 3.8) is 0 Å². The van der Waals surface area contributed by atoms with E-state index >= 15 is 0 Å². The highest BCUT2D eigenvalue weighted by Crippen LogP contribution is 2.32. The van der Waals surface area contributed by atoms with Crippen LogP contribution in [0.1, 0.15) is 28.4 Å². The molecule has 2 aromatic carbocycles. The molecule has 2 aromatic rings. The molecule has 0 fully saturated rings. The Morgan fingerprint density at radius 2 is 1.93 bits per heavy atom. The minimum atomic E-state index is -0.592. The largest absolute Gasteiger partial charge is 0.483 e. The Morgan fingerprint density at radius 3 is 2.67 bits per heavy atom. The van der Waals surface area contributed by atoms with Gasteiger partial charge in [-0.05, 0) is 49.2 Å². The van der Waals surface area contributed by atoms with E-state index < -0.39 is 5.91 Å². The minimum Gasteiger partial charge on any atom is -0.483 e. The van der Waals surface area contributed by atoms with Crippen molar-refractivity contribution >= 4 is 11.8 Å². The number of primary amides is 1. The molecule has 2 N–H and O–H groups in total. The molecule has 7 nitrogen and oxygen atoms in total. The maximum atomic E-state index is 12.6. The van der Waals surface area contributed by atoms with E-state index in [4.69, 9.17) is 19.9 Å². The number of amides is 2. The van der Waals surface area contributed by atoms with Gasteiger partial charge < -0.3 is 24.8 Å². The van der Waals surface area contributed by atoms with Gasteiger partial charge in [0.05, 0.1) is 5.56 Å². The summed E-state index contributed by atoms with van der Waals surface area (Å²) < 4.78 is 16.3. The number of fused-ring (bicyclic) bond motifs is 1. The summed E-state index contributed by atoms with van der Waals surface area (Å²) in [6.07, 6.45) is 0. The number of aryl methyl sites for hydroxylation is 1. The Morgan fingerprint density at radius 1 is 1.15 bits per heavy atom. The van der Waals surface area contributed by atoms with E-state index in [-0.39, 0.29) is 24.9 Å². The summed E-state index contributed by atoms with van der Waals surface area (Å²) in [5, 5.41) is 0. The van der Waals surface area contributed by atoms with Gasteiger partial charge in [-0.25, -0.2) is 0 Å². The number of likely N-dealkylation sites (N-methyl/N-ethyl adjacent to an activating group) is 1. The molecular weight excluding hydrogens is 348 g/mol. The van der Waals surface area contributed by atoms with Crippen LogP contribution in [0.5, 0.6) is 17.2 Å². The summed E-state index contributed by atoms with van der Waals surface area (Å²) in [5.41, 5.74) is 7.47. The van der Waals surface area contributed by atoms with E-state index in [1.54, 1.807) is 23.1 Å². The van der Waals surface area contributed by atoms with Crippen molar-refractivity contribution in [2.75, 3.05) is 19.9 Å². The maximum Gasteiger partial charge on any atom is 0.260 e. The van der Waals surface area contributed by atoms with E-state index in [2.05, 4.69) is 0 Å². The molecule has 0 aliphatic carbocycles. The zero-order chi connectivity index (χ0) is 19.4. The molecule has 0 atom stereocenters. The Bertz CT molecular complexity index is 865. The highest BCUT2D eigenvalue weighted by molar-refractivity contribution is 5.95. The second-order valence-corrected chi connectivity index (χ2v) is 6.25. The molecule has 0 aromatic heterocycles. The topological polar surface area (TPSA) is 91.1 Å². The lowest BCUT2D eigenvalue weighted by Crippen LogP contribution is -2.34. The van der Waals surface area contributed by atoms with Crippen LogP contribution in [0.15, 0.2) is 36.4 Å². The third-order valence-electron chi connectivity index (χ3n) is 4.30. The van der Waals surface area contributed by atoms with Gasteiger partial charge in [-0.15, -0.1) is 0 Å². The van der Waals surface area contributed by atoms with Gasteiger partial charge in [-0.1, -0.05) is 12.1 Å². The molecular formula is C20H22N2O5. The molecule has 7 heteroatoms. The summed E-state index contributed by atoms with van der Waals surface area (Å²) in [5.74, 6) is 0.917. The predicted molar refractivity (Wildman–Crippen MR) is 98.8 cm³/mol. The number of hydrogen-bond acceptors (Lipinski definition) is 5. The average molecular weight is 370 g/mol. The molecule has 1 heterocycles. The van der Waals surface area contributed by atoms with Crippen LogP contribution in [0, 0.1) is 6.92 Å². The Hall–Kier alpha value is -3.22. The number of nitrogens with zero attached hydrogens (tertiary/aromatic N) is 1.